The maximum absolute atomic E-state index is 12.1. The summed E-state index contributed by atoms with van der Waals surface area (Å²) < 4.78 is 0. The first kappa shape index (κ1) is 12.5. The number of nitrogens with one attached hydrogen (secondary N) is 2. The van der Waals surface area contributed by atoms with E-state index in [0.29, 0.717) is 0 Å². The lowest BCUT2D eigenvalue weighted by Crippen LogP contribution is -2.33. The van der Waals surface area contributed by atoms with Crippen LogP contribution in [-0.2, 0) is 6.42 Å². The molecule has 19 heavy (non-hydrogen) atoms. The standard InChI is InChI=1S/C15H21N3O/c1-18(13-3-4-13)9-8-17-15(19)12-2-5-14-11(10-12)6-7-16-14/h2,5,10,13,16H,3-4,6-9H2,1H3,(H,17,19). The Morgan fingerprint density at radius 2 is 2.32 bits per heavy atom. The molecule has 2 aliphatic rings. The summed E-state index contributed by atoms with van der Waals surface area (Å²) in [5.74, 6) is 0.0406. The number of benzene rings is 1. The van der Waals surface area contributed by atoms with Gasteiger partial charge in [-0.25, -0.2) is 0 Å². The second kappa shape index (κ2) is 5.21. The SMILES string of the molecule is CN(CCNC(=O)c1ccc2c(c1)CCN2)C1CC1. The molecule has 1 saturated carbocycles. The molecule has 1 fully saturated rings. The summed E-state index contributed by atoms with van der Waals surface area (Å²) >= 11 is 0. The Morgan fingerprint density at radius 3 is 3.11 bits per heavy atom. The summed E-state index contributed by atoms with van der Waals surface area (Å²) in [6.07, 6.45) is 3.63. The van der Waals surface area contributed by atoms with Crippen molar-refractivity contribution in [3.63, 3.8) is 0 Å². The van der Waals surface area contributed by atoms with E-state index in [4.69, 9.17) is 0 Å². The Balaban J connectivity index is 1.52. The number of hydrogen-bond donors (Lipinski definition) is 2. The van der Waals surface area contributed by atoms with Gasteiger partial charge in [-0.15, -0.1) is 0 Å². The highest BCUT2D eigenvalue weighted by atomic mass is 16.1. The largest absolute Gasteiger partial charge is 0.384 e. The Morgan fingerprint density at radius 1 is 1.47 bits per heavy atom. The molecule has 2 N–H and O–H groups in total. The first-order valence-electron chi connectivity index (χ1n) is 7.09. The third kappa shape index (κ3) is 2.89. The second-order valence-corrected chi connectivity index (χ2v) is 5.52. The van der Waals surface area contributed by atoms with Crippen molar-refractivity contribution in [3.05, 3.63) is 29.3 Å². The molecule has 102 valence electrons. The molecule has 0 radical (unpaired) electrons. The van der Waals surface area contributed by atoms with Gasteiger partial charge in [0.1, 0.15) is 0 Å². The van der Waals surface area contributed by atoms with E-state index in [1.165, 1.54) is 24.1 Å². The van der Waals surface area contributed by atoms with Crippen LogP contribution in [0.15, 0.2) is 18.2 Å². The van der Waals surface area contributed by atoms with Crippen molar-refractivity contribution in [1.29, 1.82) is 0 Å². The highest BCUT2D eigenvalue weighted by Crippen LogP contribution is 2.25. The molecule has 0 spiro atoms. The summed E-state index contributed by atoms with van der Waals surface area (Å²) in [6.45, 7) is 2.64. The smallest absolute Gasteiger partial charge is 0.251 e. The predicted octanol–water partition coefficient (Wildman–Crippen LogP) is 1.48. The van der Waals surface area contributed by atoms with Crippen LogP contribution < -0.4 is 10.6 Å². The van der Waals surface area contributed by atoms with E-state index < -0.39 is 0 Å². The molecule has 1 aromatic rings. The van der Waals surface area contributed by atoms with Gasteiger partial charge in [0.2, 0.25) is 0 Å². The highest BCUT2D eigenvalue weighted by molar-refractivity contribution is 5.95. The first-order valence-corrected chi connectivity index (χ1v) is 7.09. The van der Waals surface area contributed by atoms with E-state index in [9.17, 15) is 4.79 Å². The normalized spacial score (nSPS) is 17.2. The molecule has 1 heterocycles. The van der Waals surface area contributed by atoms with Crippen LogP contribution in [0.1, 0.15) is 28.8 Å². The van der Waals surface area contributed by atoms with Crippen LogP contribution in [0.4, 0.5) is 5.69 Å². The molecule has 0 atom stereocenters. The van der Waals surface area contributed by atoms with Gasteiger partial charge in [0.25, 0.3) is 5.91 Å². The van der Waals surface area contributed by atoms with E-state index in [0.717, 1.165) is 37.7 Å². The zero-order chi connectivity index (χ0) is 13.2. The molecule has 3 rings (SSSR count). The molecule has 1 aliphatic heterocycles. The van der Waals surface area contributed by atoms with Crippen molar-refractivity contribution in [2.24, 2.45) is 0 Å². The van der Waals surface area contributed by atoms with E-state index >= 15 is 0 Å². The minimum Gasteiger partial charge on any atom is -0.384 e. The number of rotatable bonds is 5. The number of nitrogens with zero attached hydrogens (tertiary/aromatic N) is 1. The lowest BCUT2D eigenvalue weighted by atomic mass is 10.1. The number of fused-ring (bicyclic) bond motifs is 1. The van der Waals surface area contributed by atoms with Gasteiger partial charge in [0.05, 0.1) is 0 Å². The minimum atomic E-state index is 0.0406. The van der Waals surface area contributed by atoms with Crippen LogP contribution in [0.3, 0.4) is 0 Å². The van der Waals surface area contributed by atoms with Gasteiger partial charge in [-0.1, -0.05) is 0 Å². The molecule has 0 unspecified atom stereocenters. The quantitative estimate of drug-likeness (QED) is 0.842. The molecule has 0 aromatic heterocycles. The van der Waals surface area contributed by atoms with Crippen molar-refractivity contribution in [2.45, 2.75) is 25.3 Å². The summed E-state index contributed by atoms with van der Waals surface area (Å²) in [7, 11) is 2.13. The molecule has 1 aromatic carbocycles. The van der Waals surface area contributed by atoms with E-state index in [-0.39, 0.29) is 5.91 Å². The summed E-state index contributed by atoms with van der Waals surface area (Å²) in [5.41, 5.74) is 3.20. The van der Waals surface area contributed by atoms with Crippen molar-refractivity contribution in [3.8, 4) is 0 Å². The van der Waals surface area contributed by atoms with Crippen LogP contribution >= 0.6 is 0 Å². The number of carbonyl (C=O) groups excluding carboxylic acids is 1. The summed E-state index contributed by atoms with van der Waals surface area (Å²) in [4.78, 5) is 14.4. The lowest BCUT2D eigenvalue weighted by molar-refractivity contribution is 0.0949. The second-order valence-electron chi connectivity index (χ2n) is 5.52. The van der Waals surface area contributed by atoms with Crippen LogP contribution in [0.2, 0.25) is 0 Å². The zero-order valence-electron chi connectivity index (χ0n) is 11.4. The van der Waals surface area contributed by atoms with E-state index in [1.807, 2.05) is 18.2 Å². The fourth-order valence-electron chi connectivity index (χ4n) is 2.59. The van der Waals surface area contributed by atoms with Crippen molar-refractivity contribution < 1.29 is 4.79 Å². The molecular formula is C15H21N3O. The molecule has 1 aliphatic carbocycles. The summed E-state index contributed by atoms with van der Waals surface area (Å²) in [5, 5.41) is 6.31. The average molecular weight is 259 g/mol. The monoisotopic (exact) mass is 259 g/mol. The minimum absolute atomic E-state index is 0.0406. The van der Waals surface area contributed by atoms with Crippen molar-refractivity contribution in [2.75, 3.05) is 32.0 Å². The van der Waals surface area contributed by atoms with Gasteiger partial charge < -0.3 is 15.5 Å². The number of hydrogen-bond acceptors (Lipinski definition) is 3. The number of anilines is 1. The maximum atomic E-state index is 12.1. The molecule has 0 bridgehead atoms. The highest BCUT2D eigenvalue weighted by Gasteiger charge is 2.25. The van der Waals surface area contributed by atoms with Gasteiger partial charge >= 0.3 is 0 Å². The van der Waals surface area contributed by atoms with E-state index in [1.54, 1.807) is 0 Å². The van der Waals surface area contributed by atoms with Gasteiger partial charge in [0, 0.05) is 36.9 Å². The van der Waals surface area contributed by atoms with Crippen LogP contribution in [0.25, 0.3) is 0 Å². The molecule has 0 saturated heterocycles. The number of carbonyl (C=O) groups is 1. The maximum Gasteiger partial charge on any atom is 0.251 e. The topological polar surface area (TPSA) is 44.4 Å². The fraction of sp³-hybridized carbons (Fsp3) is 0.533. The first-order chi connectivity index (χ1) is 9.24. The Kier molecular flexibility index (Phi) is 3.42. The lowest BCUT2D eigenvalue weighted by Gasteiger charge is -2.15. The van der Waals surface area contributed by atoms with Crippen LogP contribution in [-0.4, -0.2) is 43.5 Å². The Bertz CT molecular complexity index is 482. The molecule has 4 heteroatoms. The molecular weight excluding hydrogens is 238 g/mol. The third-order valence-corrected chi connectivity index (χ3v) is 4.00. The Labute approximate surface area is 114 Å². The van der Waals surface area contributed by atoms with Gasteiger partial charge in [-0.05, 0) is 50.1 Å². The summed E-state index contributed by atoms with van der Waals surface area (Å²) in [6, 6.07) is 6.67. The third-order valence-electron chi connectivity index (χ3n) is 4.00. The van der Waals surface area contributed by atoms with Crippen molar-refractivity contribution in [1.82, 2.24) is 10.2 Å². The molecule has 1 amide bonds. The number of amides is 1. The average Bonchev–Trinajstić information content (AvgIpc) is 3.16. The van der Waals surface area contributed by atoms with Crippen LogP contribution in [0, 0.1) is 0 Å². The predicted molar refractivity (Wildman–Crippen MR) is 76.6 cm³/mol. The number of likely N-dealkylation sites (N-methyl/N-ethyl adjacent to an activating group) is 1. The fourth-order valence-corrected chi connectivity index (χ4v) is 2.59. The molecule has 4 nitrogen and oxygen atoms in total. The van der Waals surface area contributed by atoms with Crippen molar-refractivity contribution >= 4 is 11.6 Å². The van der Waals surface area contributed by atoms with Crippen LogP contribution in [0.5, 0.6) is 0 Å². The van der Waals surface area contributed by atoms with E-state index in [2.05, 4.69) is 22.6 Å². The van der Waals surface area contributed by atoms with Gasteiger partial charge in [-0.3, -0.25) is 4.79 Å². The Hall–Kier alpha value is -1.55. The zero-order valence-corrected chi connectivity index (χ0v) is 11.4. The van der Waals surface area contributed by atoms with Gasteiger partial charge in [-0.2, -0.15) is 0 Å². The van der Waals surface area contributed by atoms with Gasteiger partial charge in [0.15, 0.2) is 0 Å².